The third-order valence-corrected chi connectivity index (χ3v) is 13.5. The molecule has 1 aromatic carbocycles. The monoisotopic (exact) mass is 461 g/mol. The number of nitrogens with zero attached hydrogens (tertiary/aromatic N) is 1. The molecule has 1 heterocycles. The minimum atomic E-state index is -0.155. The van der Waals surface area contributed by atoms with Crippen LogP contribution in [0.5, 0.6) is 5.75 Å². The topological polar surface area (TPSA) is 42.4 Å². The molecule has 3 heteroatoms. The zero-order chi connectivity index (χ0) is 24.4. The lowest BCUT2D eigenvalue weighted by Crippen LogP contribution is -2.71. The van der Waals surface area contributed by atoms with Gasteiger partial charge in [0.05, 0.1) is 18.7 Å². The first-order chi connectivity index (χ1) is 15.9. The molecule has 7 atom stereocenters. The summed E-state index contributed by atoms with van der Waals surface area (Å²) < 4.78 is 5.51. The predicted molar refractivity (Wildman–Crippen MR) is 138 cm³/mol. The van der Waals surface area contributed by atoms with Gasteiger partial charge in [-0.15, -0.1) is 0 Å². The first-order valence-corrected chi connectivity index (χ1v) is 13.5. The van der Waals surface area contributed by atoms with Crippen molar-refractivity contribution in [2.45, 2.75) is 99.0 Å². The molecule has 0 spiro atoms. The van der Waals surface area contributed by atoms with Gasteiger partial charge in [0.25, 0.3) is 0 Å². The minimum Gasteiger partial charge on any atom is -0.497 e. The van der Waals surface area contributed by atoms with Crippen molar-refractivity contribution in [3.8, 4) is 5.75 Å². The Morgan fingerprint density at radius 1 is 0.824 bits per heavy atom. The molecule has 2 aromatic rings. The number of ether oxygens (including phenoxy) is 1. The van der Waals surface area contributed by atoms with E-state index in [4.69, 9.17) is 9.72 Å². The Morgan fingerprint density at radius 3 is 2.26 bits per heavy atom. The van der Waals surface area contributed by atoms with Crippen LogP contribution in [-0.2, 0) is 12.8 Å². The normalized spacial score (nSPS) is 47.5. The fourth-order valence-electron chi connectivity index (χ4n) is 10.2. The summed E-state index contributed by atoms with van der Waals surface area (Å²) in [5.74, 6) is 0.901. The van der Waals surface area contributed by atoms with Gasteiger partial charge in [-0.25, -0.2) is 0 Å². The number of aliphatic hydroxyl groups excluding tert-OH is 1. The van der Waals surface area contributed by atoms with Crippen LogP contribution in [0.25, 0.3) is 10.9 Å². The number of aliphatic hydroxyl groups is 1. The molecule has 3 nitrogen and oxygen atoms in total. The Hall–Kier alpha value is -1.61. The van der Waals surface area contributed by atoms with E-state index in [0.717, 1.165) is 43.4 Å². The molecule has 1 aromatic heterocycles. The maximum absolute atomic E-state index is 11.1. The summed E-state index contributed by atoms with van der Waals surface area (Å²) in [6, 6.07) is 8.68. The van der Waals surface area contributed by atoms with Crippen LogP contribution < -0.4 is 4.74 Å². The van der Waals surface area contributed by atoms with Crippen LogP contribution in [-0.4, -0.2) is 23.3 Å². The highest BCUT2D eigenvalue weighted by molar-refractivity contribution is 5.81. The maximum Gasteiger partial charge on any atom is 0.119 e. The van der Waals surface area contributed by atoms with Crippen LogP contribution in [0.1, 0.15) is 91.3 Å². The summed E-state index contributed by atoms with van der Waals surface area (Å²) in [6.45, 7) is 15.4. The Labute approximate surface area is 205 Å². The van der Waals surface area contributed by atoms with E-state index in [1.54, 1.807) is 7.11 Å². The van der Waals surface area contributed by atoms with E-state index in [9.17, 15) is 5.11 Å². The smallest absolute Gasteiger partial charge is 0.119 e. The Morgan fingerprint density at radius 2 is 1.53 bits per heavy atom. The van der Waals surface area contributed by atoms with Gasteiger partial charge < -0.3 is 9.84 Å². The molecule has 0 saturated heterocycles. The summed E-state index contributed by atoms with van der Waals surface area (Å²) in [7, 11) is 1.74. The number of pyridine rings is 1. The second-order valence-electron chi connectivity index (χ2n) is 13.9. The molecule has 3 fully saturated rings. The molecule has 0 amide bonds. The molecule has 0 aliphatic heterocycles. The van der Waals surface area contributed by atoms with E-state index in [1.165, 1.54) is 35.9 Å². The first-order valence-electron chi connectivity index (χ1n) is 13.5. The summed E-state index contributed by atoms with van der Waals surface area (Å²) in [5, 5.41) is 12.3. The van der Waals surface area contributed by atoms with Crippen LogP contribution in [0.15, 0.2) is 24.3 Å². The highest BCUT2D eigenvalue weighted by Gasteiger charge is 2.76. The van der Waals surface area contributed by atoms with E-state index < -0.39 is 0 Å². The highest BCUT2D eigenvalue weighted by Crippen LogP contribution is 2.82. The molecule has 4 aliphatic rings. The van der Waals surface area contributed by atoms with Crippen molar-refractivity contribution in [1.82, 2.24) is 4.98 Å². The molecule has 1 N–H and O–H groups in total. The van der Waals surface area contributed by atoms with Gasteiger partial charge in [0.1, 0.15) is 5.75 Å². The second-order valence-corrected chi connectivity index (χ2v) is 13.9. The van der Waals surface area contributed by atoms with Crippen molar-refractivity contribution in [3.63, 3.8) is 0 Å². The lowest BCUT2D eigenvalue weighted by atomic mass is 9.27. The fourth-order valence-corrected chi connectivity index (χ4v) is 10.2. The third kappa shape index (κ3) is 2.32. The second kappa shape index (κ2) is 6.58. The Kier molecular flexibility index (Phi) is 4.42. The van der Waals surface area contributed by atoms with Gasteiger partial charge in [-0.2, -0.15) is 0 Å². The standard InChI is InChI=1S/C31H43NO2/c1-26-12-14-29(4)28(3)11-10-25(33)27(28,2)13-15-30(29,5)31(26,6)18-21-16-20-17-22(34-7)8-9-23(20)32-24(21)19-26/h8-9,16-17,25,33H,10-15,18-19H2,1-7H3/t25-,26-,27+,28+,29-,30-,31-/m0/s1. The van der Waals surface area contributed by atoms with Crippen molar-refractivity contribution in [3.05, 3.63) is 35.5 Å². The number of hydrogen-bond donors (Lipinski definition) is 1. The summed E-state index contributed by atoms with van der Waals surface area (Å²) in [4.78, 5) is 5.20. The van der Waals surface area contributed by atoms with Crippen LogP contribution in [0.3, 0.4) is 0 Å². The molecular formula is C31H43NO2. The highest BCUT2D eigenvalue weighted by atomic mass is 16.5. The van der Waals surface area contributed by atoms with Crippen LogP contribution in [0, 0.1) is 32.5 Å². The maximum atomic E-state index is 11.1. The molecule has 4 aliphatic carbocycles. The van der Waals surface area contributed by atoms with Gasteiger partial charge in [0.2, 0.25) is 0 Å². The number of fused-ring (bicyclic) bond motifs is 7. The Bertz CT molecular complexity index is 1190. The lowest BCUT2D eigenvalue weighted by Gasteiger charge is -2.76. The molecule has 6 rings (SSSR count). The van der Waals surface area contributed by atoms with Crippen LogP contribution in [0.4, 0.5) is 0 Å². The molecular weight excluding hydrogens is 418 g/mol. The van der Waals surface area contributed by atoms with Crippen LogP contribution >= 0.6 is 0 Å². The van der Waals surface area contributed by atoms with Crippen LogP contribution in [0.2, 0.25) is 0 Å². The van der Waals surface area contributed by atoms with E-state index in [1.807, 2.05) is 6.07 Å². The van der Waals surface area contributed by atoms with Gasteiger partial charge in [-0.05, 0) is 114 Å². The largest absolute Gasteiger partial charge is 0.497 e. The summed E-state index contributed by atoms with van der Waals surface area (Å²) in [6.07, 6.45) is 9.00. The fraction of sp³-hybridized carbons (Fsp3) is 0.710. The van der Waals surface area contributed by atoms with Gasteiger partial charge in [-0.1, -0.05) is 41.5 Å². The number of methoxy groups -OCH3 is 1. The first kappa shape index (κ1) is 22.8. The van der Waals surface area contributed by atoms with Crippen molar-refractivity contribution in [2.75, 3.05) is 7.11 Å². The quantitative estimate of drug-likeness (QED) is 0.491. The average molecular weight is 462 g/mol. The van der Waals surface area contributed by atoms with E-state index in [2.05, 4.69) is 59.7 Å². The van der Waals surface area contributed by atoms with Gasteiger partial charge >= 0.3 is 0 Å². The summed E-state index contributed by atoms with van der Waals surface area (Å²) >= 11 is 0. The lowest BCUT2D eigenvalue weighted by molar-refractivity contribution is -0.280. The number of aromatic nitrogens is 1. The molecule has 34 heavy (non-hydrogen) atoms. The van der Waals surface area contributed by atoms with Crippen molar-refractivity contribution >= 4 is 10.9 Å². The van der Waals surface area contributed by atoms with Crippen molar-refractivity contribution in [1.29, 1.82) is 0 Å². The molecule has 0 radical (unpaired) electrons. The number of hydrogen-bond acceptors (Lipinski definition) is 3. The SMILES string of the molecule is COc1ccc2nc3c(cc2c1)C[C@@]1(C)[C@@](C)(CC[C@]2(C)[C@]1(C)CC[C@]1(C)[C@@H](O)CC[C@@]21C)C3. The van der Waals surface area contributed by atoms with Crippen molar-refractivity contribution in [2.24, 2.45) is 32.5 Å². The summed E-state index contributed by atoms with van der Waals surface area (Å²) in [5.41, 5.74) is 4.90. The molecule has 184 valence electrons. The third-order valence-electron chi connectivity index (χ3n) is 13.5. The van der Waals surface area contributed by atoms with Crippen molar-refractivity contribution < 1.29 is 9.84 Å². The predicted octanol–water partition coefficient (Wildman–Crippen LogP) is 7.12. The average Bonchev–Trinajstić information content (AvgIpc) is 3.05. The van der Waals surface area contributed by atoms with Gasteiger partial charge in [0.15, 0.2) is 0 Å². The van der Waals surface area contributed by atoms with E-state index in [-0.39, 0.29) is 38.6 Å². The molecule has 0 unspecified atom stereocenters. The molecule has 3 saturated carbocycles. The minimum absolute atomic E-state index is 0.0340. The number of benzene rings is 1. The Balaban J connectivity index is 1.50. The van der Waals surface area contributed by atoms with E-state index in [0.29, 0.717) is 0 Å². The zero-order valence-electron chi connectivity index (χ0n) is 22.3. The van der Waals surface area contributed by atoms with E-state index >= 15 is 0 Å². The zero-order valence-corrected chi connectivity index (χ0v) is 22.3. The molecule has 0 bridgehead atoms. The van der Waals surface area contributed by atoms with Gasteiger partial charge in [-0.3, -0.25) is 4.98 Å². The number of rotatable bonds is 1. The van der Waals surface area contributed by atoms with Gasteiger partial charge in [0, 0.05) is 11.1 Å².